The third-order valence-electron chi connectivity index (χ3n) is 1.73. The number of hydrogen-bond acceptors (Lipinski definition) is 1. The molecule has 1 aromatic rings. The van der Waals surface area contributed by atoms with Crippen molar-refractivity contribution in [3.8, 4) is 0 Å². The van der Waals surface area contributed by atoms with E-state index >= 15 is 0 Å². The largest absolute Gasteiger partial charge is 0.254 e. The van der Waals surface area contributed by atoms with Gasteiger partial charge in [0.2, 0.25) is 0 Å². The highest BCUT2D eigenvalue weighted by Crippen LogP contribution is 2.09. The van der Waals surface area contributed by atoms with Crippen LogP contribution in [0.15, 0.2) is 24.3 Å². The molecule has 0 aliphatic carbocycles. The molecule has 1 rings (SSSR count). The van der Waals surface area contributed by atoms with Crippen molar-refractivity contribution in [2.24, 2.45) is 0 Å². The van der Waals surface area contributed by atoms with Crippen LogP contribution in [0, 0.1) is 6.92 Å². The van der Waals surface area contributed by atoms with Crippen LogP contribution >= 0.6 is 0 Å². The minimum absolute atomic E-state index is 1.07. The zero-order valence-corrected chi connectivity index (χ0v) is 7.26. The molecule has 0 radical (unpaired) electrons. The van der Waals surface area contributed by atoms with E-state index in [0.29, 0.717) is 0 Å². The Morgan fingerprint density at radius 2 is 2.18 bits per heavy atom. The summed E-state index contributed by atoms with van der Waals surface area (Å²) in [5.41, 5.74) is 3.38. The van der Waals surface area contributed by atoms with Crippen LogP contribution in [-0.4, -0.2) is 4.98 Å². The number of aryl methyl sites for hydroxylation is 1. The lowest BCUT2D eigenvalue weighted by Gasteiger charge is -1.99. The Morgan fingerprint density at radius 3 is 2.73 bits per heavy atom. The highest BCUT2D eigenvalue weighted by Gasteiger charge is 1.94. The second-order valence-electron chi connectivity index (χ2n) is 2.64. The van der Waals surface area contributed by atoms with Crippen molar-refractivity contribution in [1.82, 2.24) is 4.98 Å². The molecule has 11 heavy (non-hydrogen) atoms. The molecular weight excluding hydrogens is 134 g/mol. The lowest BCUT2D eigenvalue weighted by atomic mass is 10.2. The van der Waals surface area contributed by atoms with E-state index in [1.165, 1.54) is 5.57 Å². The summed E-state index contributed by atoms with van der Waals surface area (Å²) in [5, 5.41) is 0. The van der Waals surface area contributed by atoms with E-state index in [9.17, 15) is 0 Å². The molecule has 1 nitrogen and oxygen atoms in total. The van der Waals surface area contributed by atoms with Crippen molar-refractivity contribution in [1.29, 1.82) is 0 Å². The molecule has 0 N–H and O–H groups in total. The van der Waals surface area contributed by atoms with Gasteiger partial charge >= 0.3 is 0 Å². The van der Waals surface area contributed by atoms with Crippen molar-refractivity contribution < 1.29 is 0 Å². The fourth-order valence-corrected chi connectivity index (χ4v) is 0.911. The number of allylic oxidation sites excluding steroid dienone is 2. The van der Waals surface area contributed by atoms with E-state index in [1.54, 1.807) is 0 Å². The molecule has 1 heteroatoms. The summed E-state index contributed by atoms with van der Waals surface area (Å²) < 4.78 is 0. The number of aromatic nitrogens is 1. The number of nitrogens with zero attached hydrogens (tertiary/aromatic N) is 1. The second-order valence-corrected chi connectivity index (χ2v) is 2.64. The molecule has 1 heterocycles. The molecule has 0 saturated heterocycles. The van der Waals surface area contributed by atoms with E-state index in [-0.39, 0.29) is 0 Å². The van der Waals surface area contributed by atoms with Gasteiger partial charge in [-0.2, -0.15) is 0 Å². The van der Waals surface area contributed by atoms with Gasteiger partial charge in [-0.1, -0.05) is 12.1 Å². The Morgan fingerprint density at radius 1 is 1.45 bits per heavy atom. The Hall–Kier alpha value is -1.11. The average molecular weight is 147 g/mol. The molecule has 0 amide bonds. The van der Waals surface area contributed by atoms with Gasteiger partial charge in [0, 0.05) is 5.69 Å². The van der Waals surface area contributed by atoms with Crippen molar-refractivity contribution in [2.75, 3.05) is 0 Å². The molecular formula is C10H13N. The average Bonchev–Trinajstić information content (AvgIpc) is 2.03. The maximum atomic E-state index is 4.38. The molecule has 0 spiro atoms. The molecule has 0 aliphatic rings. The summed E-state index contributed by atoms with van der Waals surface area (Å²) in [5.74, 6) is 0. The smallest absolute Gasteiger partial charge is 0.0658 e. The predicted molar refractivity (Wildman–Crippen MR) is 48.3 cm³/mol. The van der Waals surface area contributed by atoms with E-state index in [4.69, 9.17) is 0 Å². The quantitative estimate of drug-likeness (QED) is 0.595. The van der Waals surface area contributed by atoms with Crippen molar-refractivity contribution in [3.63, 3.8) is 0 Å². The predicted octanol–water partition coefficient (Wildman–Crippen LogP) is 2.81. The van der Waals surface area contributed by atoms with Gasteiger partial charge in [0.1, 0.15) is 0 Å². The zero-order valence-electron chi connectivity index (χ0n) is 7.26. The van der Waals surface area contributed by atoms with Crippen LogP contribution in [0.25, 0.3) is 5.57 Å². The summed E-state index contributed by atoms with van der Waals surface area (Å²) >= 11 is 0. The van der Waals surface area contributed by atoms with Crippen molar-refractivity contribution in [3.05, 3.63) is 35.7 Å². The van der Waals surface area contributed by atoms with Crippen LogP contribution in [0.1, 0.15) is 25.2 Å². The lowest BCUT2D eigenvalue weighted by molar-refractivity contribution is 1.16. The normalized spacial score (nSPS) is 11.7. The van der Waals surface area contributed by atoms with Crippen LogP contribution < -0.4 is 0 Å². The lowest BCUT2D eigenvalue weighted by Crippen LogP contribution is -1.87. The van der Waals surface area contributed by atoms with E-state index < -0.39 is 0 Å². The van der Waals surface area contributed by atoms with Gasteiger partial charge in [-0.25, -0.2) is 0 Å². The third-order valence-corrected chi connectivity index (χ3v) is 1.73. The number of hydrogen-bond donors (Lipinski definition) is 0. The summed E-state index contributed by atoms with van der Waals surface area (Å²) in [6.07, 6.45) is 2.07. The van der Waals surface area contributed by atoms with Crippen LogP contribution in [0.5, 0.6) is 0 Å². The molecule has 58 valence electrons. The Labute approximate surface area is 67.8 Å². The third kappa shape index (κ3) is 1.90. The molecule has 0 bridgehead atoms. The first-order chi connectivity index (χ1) is 5.24. The Bertz CT molecular complexity index is 274. The maximum absolute atomic E-state index is 4.38. The van der Waals surface area contributed by atoms with Crippen molar-refractivity contribution in [2.45, 2.75) is 20.8 Å². The zero-order chi connectivity index (χ0) is 8.27. The van der Waals surface area contributed by atoms with Crippen LogP contribution in [0.3, 0.4) is 0 Å². The van der Waals surface area contributed by atoms with Crippen LogP contribution in [-0.2, 0) is 0 Å². The number of pyridine rings is 1. The molecule has 0 atom stereocenters. The van der Waals surface area contributed by atoms with Gasteiger partial charge in [-0.3, -0.25) is 4.98 Å². The highest BCUT2D eigenvalue weighted by atomic mass is 14.7. The van der Waals surface area contributed by atoms with E-state index in [0.717, 1.165) is 11.4 Å². The monoisotopic (exact) mass is 147 g/mol. The molecule has 0 aliphatic heterocycles. The first-order valence-electron chi connectivity index (χ1n) is 3.81. The molecule has 1 aromatic heterocycles. The summed E-state index contributed by atoms with van der Waals surface area (Å²) in [6, 6.07) is 6.07. The summed E-state index contributed by atoms with van der Waals surface area (Å²) in [6.45, 7) is 6.10. The van der Waals surface area contributed by atoms with Gasteiger partial charge in [-0.05, 0) is 38.5 Å². The minimum Gasteiger partial charge on any atom is -0.254 e. The molecule has 0 saturated carbocycles. The first kappa shape index (κ1) is 7.99. The van der Waals surface area contributed by atoms with Gasteiger partial charge in [0.15, 0.2) is 0 Å². The van der Waals surface area contributed by atoms with Gasteiger partial charge in [-0.15, -0.1) is 0 Å². The van der Waals surface area contributed by atoms with E-state index in [1.807, 2.05) is 32.0 Å². The molecule has 0 unspecified atom stereocenters. The van der Waals surface area contributed by atoms with E-state index in [2.05, 4.69) is 18.0 Å². The molecule has 0 fully saturated rings. The Balaban J connectivity index is 3.06. The fraction of sp³-hybridized carbons (Fsp3) is 0.300. The van der Waals surface area contributed by atoms with Gasteiger partial charge in [0.25, 0.3) is 0 Å². The van der Waals surface area contributed by atoms with Crippen LogP contribution in [0.4, 0.5) is 0 Å². The first-order valence-corrected chi connectivity index (χ1v) is 3.81. The molecule has 0 aromatic carbocycles. The Kier molecular flexibility index (Phi) is 2.42. The SMILES string of the molecule is C/C=C(/C)c1cccc(C)n1. The van der Waals surface area contributed by atoms with Crippen LogP contribution in [0.2, 0.25) is 0 Å². The fourth-order valence-electron chi connectivity index (χ4n) is 0.911. The standard InChI is InChI=1S/C10H13N/c1-4-8(2)10-7-5-6-9(3)11-10/h4-7H,1-3H3/b8-4-. The summed E-state index contributed by atoms with van der Waals surface area (Å²) in [4.78, 5) is 4.38. The number of rotatable bonds is 1. The second kappa shape index (κ2) is 3.33. The highest BCUT2D eigenvalue weighted by molar-refractivity contribution is 5.59. The topological polar surface area (TPSA) is 12.9 Å². The minimum atomic E-state index is 1.07. The van der Waals surface area contributed by atoms with Gasteiger partial charge < -0.3 is 0 Å². The maximum Gasteiger partial charge on any atom is 0.0658 e. The van der Waals surface area contributed by atoms with Crippen molar-refractivity contribution >= 4 is 5.57 Å². The summed E-state index contributed by atoms with van der Waals surface area (Å²) in [7, 11) is 0. The van der Waals surface area contributed by atoms with Gasteiger partial charge in [0.05, 0.1) is 5.69 Å².